The summed E-state index contributed by atoms with van der Waals surface area (Å²) in [6.07, 6.45) is -2.03. The van der Waals surface area contributed by atoms with E-state index in [4.69, 9.17) is 4.74 Å². The third-order valence-electron chi connectivity index (χ3n) is 5.63. The number of aromatic nitrogens is 3. The van der Waals surface area contributed by atoms with Crippen LogP contribution < -0.4 is 10.1 Å². The average Bonchev–Trinajstić information content (AvgIpc) is 3.37. The highest BCUT2D eigenvalue weighted by Crippen LogP contribution is 2.23. The molecule has 4 rings (SSSR count). The molecule has 1 saturated heterocycles. The van der Waals surface area contributed by atoms with Gasteiger partial charge in [-0.3, -0.25) is 9.69 Å². The highest BCUT2D eigenvalue weighted by molar-refractivity contribution is 5.80. The molecule has 2 aromatic rings. The summed E-state index contributed by atoms with van der Waals surface area (Å²) in [5.41, 5.74) is 0.911. The van der Waals surface area contributed by atoms with Crippen molar-refractivity contribution in [2.45, 2.75) is 51.2 Å². The lowest BCUT2D eigenvalue weighted by molar-refractivity contribution is -0.274. The van der Waals surface area contributed by atoms with Crippen LogP contribution in [-0.4, -0.2) is 64.3 Å². The van der Waals surface area contributed by atoms with E-state index in [2.05, 4.69) is 29.7 Å². The first-order valence-electron chi connectivity index (χ1n) is 10.7. The number of rotatable bonds is 7. The van der Waals surface area contributed by atoms with Gasteiger partial charge in [-0.05, 0) is 30.5 Å². The maximum atomic E-state index is 12.3. The van der Waals surface area contributed by atoms with Gasteiger partial charge in [-0.25, -0.2) is 0 Å². The first-order chi connectivity index (χ1) is 15.4. The summed E-state index contributed by atoms with van der Waals surface area (Å²) in [6, 6.07) is 5.96. The van der Waals surface area contributed by atoms with Gasteiger partial charge in [0.05, 0.1) is 0 Å². The highest BCUT2D eigenvalue weighted by Gasteiger charge is 2.31. The third-order valence-corrected chi connectivity index (χ3v) is 5.63. The van der Waals surface area contributed by atoms with Crippen molar-refractivity contribution in [3.05, 3.63) is 41.5 Å². The van der Waals surface area contributed by atoms with Gasteiger partial charge >= 0.3 is 6.36 Å². The molecule has 174 valence electrons. The molecule has 1 N–H and O–H groups in total. The Labute approximate surface area is 183 Å². The van der Waals surface area contributed by atoms with Crippen LogP contribution in [0.15, 0.2) is 24.3 Å². The topological polar surface area (TPSA) is 81.5 Å². The molecule has 11 heteroatoms. The number of benzene rings is 1. The molecule has 3 heterocycles. The fraction of sp³-hybridized carbons (Fsp3) is 0.571. The Morgan fingerprint density at radius 2 is 2.00 bits per heavy atom. The Morgan fingerprint density at radius 3 is 2.72 bits per heavy atom. The van der Waals surface area contributed by atoms with E-state index in [-0.39, 0.29) is 17.8 Å². The fourth-order valence-electron chi connectivity index (χ4n) is 4.02. The summed E-state index contributed by atoms with van der Waals surface area (Å²) in [7, 11) is 0. The lowest BCUT2D eigenvalue weighted by Gasteiger charge is -2.20. The smallest absolute Gasteiger partial charge is 0.406 e. The first-order valence-corrected chi connectivity index (χ1v) is 10.7. The van der Waals surface area contributed by atoms with Crippen LogP contribution in [0.25, 0.3) is 0 Å². The summed E-state index contributed by atoms with van der Waals surface area (Å²) in [4.78, 5) is 14.3. The maximum absolute atomic E-state index is 12.3. The Bertz CT molecular complexity index is 910. The molecule has 2 aliphatic rings. The van der Waals surface area contributed by atoms with Crippen LogP contribution in [0.1, 0.15) is 30.1 Å². The molecule has 0 saturated carbocycles. The van der Waals surface area contributed by atoms with E-state index in [1.165, 1.54) is 12.1 Å². The number of nitrogens with one attached hydrogen (secondary N) is 1. The number of alkyl halides is 3. The number of ether oxygens (including phenoxy) is 2. The number of fused-ring (bicyclic) bond motifs is 1. The van der Waals surface area contributed by atoms with Crippen LogP contribution in [0.4, 0.5) is 13.2 Å². The second-order valence-corrected chi connectivity index (χ2v) is 7.94. The van der Waals surface area contributed by atoms with Gasteiger partial charge in [0.15, 0.2) is 0 Å². The minimum atomic E-state index is -4.69. The van der Waals surface area contributed by atoms with Crippen molar-refractivity contribution in [2.75, 3.05) is 26.2 Å². The van der Waals surface area contributed by atoms with Crippen molar-refractivity contribution >= 4 is 5.91 Å². The second kappa shape index (κ2) is 9.86. The minimum Gasteiger partial charge on any atom is -0.406 e. The number of carbonyl (C=O) groups excluding carboxylic acids is 1. The monoisotopic (exact) mass is 453 g/mol. The molecule has 32 heavy (non-hydrogen) atoms. The lowest BCUT2D eigenvalue weighted by atomic mass is 10.2. The van der Waals surface area contributed by atoms with Crippen LogP contribution in [0.5, 0.6) is 5.75 Å². The maximum Gasteiger partial charge on any atom is 0.573 e. The Hall–Kier alpha value is -2.66. The largest absolute Gasteiger partial charge is 0.573 e. The summed E-state index contributed by atoms with van der Waals surface area (Å²) in [6.45, 7) is 3.99. The number of hydrogen-bond acceptors (Lipinski definition) is 6. The molecule has 1 unspecified atom stereocenters. The molecule has 1 aromatic carbocycles. The SMILES string of the molecule is O=C(NCCc1nnc2n1CCN(Cc1ccc(OC(F)(F)F)cc1)CC2)C1CCCO1. The van der Waals surface area contributed by atoms with Gasteiger partial charge in [0.2, 0.25) is 5.91 Å². The second-order valence-electron chi connectivity index (χ2n) is 7.94. The summed E-state index contributed by atoms with van der Waals surface area (Å²) in [5, 5.41) is 11.5. The standard InChI is InChI=1S/C21H26F3N5O3/c22-21(23,24)32-16-5-3-15(4-6-16)14-28-10-8-19-27-26-18(29(19)12-11-28)7-9-25-20(30)17-2-1-13-31-17/h3-6,17H,1-2,7-14H2,(H,25,30). The van der Waals surface area contributed by atoms with E-state index in [9.17, 15) is 18.0 Å². The number of amides is 1. The summed E-state index contributed by atoms with van der Waals surface area (Å²) in [5.74, 6) is 1.44. The molecule has 1 fully saturated rings. The molecule has 0 spiro atoms. The normalized spacial score (nSPS) is 19.4. The molecule has 1 atom stereocenters. The van der Waals surface area contributed by atoms with Crippen molar-refractivity contribution in [1.82, 2.24) is 25.0 Å². The molecular weight excluding hydrogens is 427 g/mol. The third kappa shape index (κ3) is 5.98. The van der Waals surface area contributed by atoms with Crippen LogP contribution in [0, 0.1) is 0 Å². The van der Waals surface area contributed by atoms with Gasteiger partial charge in [0, 0.05) is 52.2 Å². The fourth-order valence-corrected chi connectivity index (χ4v) is 4.02. The van der Waals surface area contributed by atoms with Gasteiger partial charge < -0.3 is 19.4 Å². The van der Waals surface area contributed by atoms with Crippen LogP contribution in [0.2, 0.25) is 0 Å². The van der Waals surface area contributed by atoms with Gasteiger partial charge in [0.25, 0.3) is 0 Å². The van der Waals surface area contributed by atoms with E-state index >= 15 is 0 Å². The molecule has 0 aliphatic carbocycles. The van der Waals surface area contributed by atoms with E-state index in [0.29, 0.717) is 32.7 Å². The summed E-state index contributed by atoms with van der Waals surface area (Å²) < 4.78 is 48.3. The zero-order valence-electron chi connectivity index (χ0n) is 17.6. The number of halogens is 3. The van der Waals surface area contributed by atoms with Crippen LogP contribution in [-0.2, 0) is 35.5 Å². The Morgan fingerprint density at radius 1 is 1.19 bits per heavy atom. The minimum absolute atomic E-state index is 0.0732. The molecule has 1 amide bonds. The van der Waals surface area contributed by atoms with Crippen molar-refractivity contribution in [3.63, 3.8) is 0 Å². The molecule has 0 radical (unpaired) electrons. The Balaban J connectivity index is 1.27. The molecule has 1 aromatic heterocycles. The number of nitrogens with zero attached hydrogens (tertiary/aromatic N) is 4. The van der Waals surface area contributed by atoms with E-state index in [1.54, 1.807) is 12.1 Å². The van der Waals surface area contributed by atoms with Gasteiger partial charge in [-0.1, -0.05) is 12.1 Å². The van der Waals surface area contributed by atoms with E-state index < -0.39 is 6.36 Å². The van der Waals surface area contributed by atoms with E-state index in [0.717, 1.165) is 49.6 Å². The molecule has 8 nitrogen and oxygen atoms in total. The van der Waals surface area contributed by atoms with E-state index in [1.807, 2.05) is 0 Å². The predicted molar refractivity (Wildman–Crippen MR) is 108 cm³/mol. The molecule has 0 bridgehead atoms. The zero-order valence-corrected chi connectivity index (χ0v) is 17.6. The predicted octanol–water partition coefficient (Wildman–Crippen LogP) is 2.07. The average molecular weight is 453 g/mol. The van der Waals surface area contributed by atoms with Crippen LogP contribution >= 0.6 is 0 Å². The highest BCUT2D eigenvalue weighted by atomic mass is 19.4. The quantitative estimate of drug-likeness (QED) is 0.692. The molecular formula is C21H26F3N5O3. The van der Waals surface area contributed by atoms with Gasteiger partial charge in [-0.15, -0.1) is 23.4 Å². The Kier molecular flexibility index (Phi) is 6.95. The van der Waals surface area contributed by atoms with Gasteiger partial charge in [-0.2, -0.15) is 0 Å². The first kappa shape index (κ1) is 22.5. The lowest BCUT2D eigenvalue weighted by Crippen LogP contribution is -2.35. The van der Waals surface area contributed by atoms with Crippen LogP contribution in [0.3, 0.4) is 0 Å². The van der Waals surface area contributed by atoms with Crippen molar-refractivity contribution < 1.29 is 27.4 Å². The van der Waals surface area contributed by atoms with Crippen molar-refractivity contribution in [2.24, 2.45) is 0 Å². The van der Waals surface area contributed by atoms with Crippen molar-refractivity contribution in [1.29, 1.82) is 0 Å². The number of hydrogen-bond donors (Lipinski definition) is 1. The number of carbonyl (C=O) groups is 1. The van der Waals surface area contributed by atoms with Gasteiger partial charge in [0.1, 0.15) is 23.5 Å². The summed E-state index contributed by atoms with van der Waals surface area (Å²) >= 11 is 0. The zero-order chi connectivity index (χ0) is 22.6. The molecule has 2 aliphatic heterocycles. The van der Waals surface area contributed by atoms with Crippen molar-refractivity contribution in [3.8, 4) is 5.75 Å².